The lowest BCUT2D eigenvalue weighted by Gasteiger charge is -2.02. The molecular weight excluding hydrogens is 180 g/mol. The Labute approximate surface area is 71.1 Å². The van der Waals surface area contributed by atoms with Crippen molar-refractivity contribution in [2.75, 3.05) is 6.26 Å². The van der Waals surface area contributed by atoms with Crippen LogP contribution in [0, 0.1) is 0 Å². The van der Waals surface area contributed by atoms with Crippen molar-refractivity contribution in [3.8, 4) is 5.75 Å². The van der Waals surface area contributed by atoms with Crippen LogP contribution in [-0.4, -0.2) is 10.5 Å². The monoisotopic (exact) mass is 188 g/mol. The Morgan fingerprint density at radius 2 is 1.91 bits per heavy atom. The molecule has 1 atom stereocenters. The van der Waals surface area contributed by atoms with Crippen molar-refractivity contribution in [2.45, 2.75) is 0 Å². The van der Waals surface area contributed by atoms with Gasteiger partial charge in [-0.3, -0.25) is 0 Å². The standard InChI is InChI=1S/C7H8O2S2/c1-11(8,10)9-7-5-3-2-4-6-7/h2-6H,1H3. The zero-order valence-electron chi connectivity index (χ0n) is 6.02. The molecule has 0 bridgehead atoms. The lowest BCUT2D eigenvalue weighted by atomic mass is 10.3. The van der Waals surface area contributed by atoms with Gasteiger partial charge in [-0.05, 0) is 12.1 Å². The van der Waals surface area contributed by atoms with Gasteiger partial charge >= 0.3 is 0 Å². The first-order valence-electron chi connectivity index (χ1n) is 3.02. The molecule has 0 saturated heterocycles. The summed E-state index contributed by atoms with van der Waals surface area (Å²) in [6, 6.07) is 8.89. The molecule has 0 heterocycles. The highest BCUT2D eigenvalue weighted by molar-refractivity contribution is 8.30. The van der Waals surface area contributed by atoms with Crippen LogP contribution in [-0.2, 0) is 20.0 Å². The van der Waals surface area contributed by atoms with Crippen LogP contribution in [0.15, 0.2) is 30.3 Å². The molecule has 1 rings (SSSR count). The van der Waals surface area contributed by atoms with E-state index in [4.69, 9.17) is 4.18 Å². The third-order valence-electron chi connectivity index (χ3n) is 0.991. The van der Waals surface area contributed by atoms with Crippen LogP contribution in [0.2, 0.25) is 0 Å². The zero-order valence-corrected chi connectivity index (χ0v) is 7.65. The molecule has 11 heavy (non-hydrogen) atoms. The average molecular weight is 188 g/mol. The summed E-state index contributed by atoms with van der Waals surface area (Å²) in [5, 5.41) is 0. The van der Waals surface area contributed by atoms with Crippen LogP contribution in [0.5, 0.6) is 5.75 Å². The molecule has 0 N–H and O–H groups in total. The van der Waals surface area contributed by atoms with Gasteiger partial charge in [0.1, 0.15) is 5.75 Å². The van der Waals surface area contributed by atoms with Gasteiger partial charge in [-0.15, -0.1) is 0 Å². The molecule has 0 amide bonds. The van der Waals surface area contributed by atoms with Crippen LogP contribution >= 0.6 is 0 Å². The summed E-state index contributed by atoms with van der Waals surface area (Å²) in [4.78, 5) is 0. The van der Waals surface area contributed by atoms with Crippen molar-refractivity contribution in [3.63, 3.8) is 0 Å². The van der Waals surface area contributed by atoms with Crippen molar-refractivity contribution in [1.82, 2.24) is 0 Å². The summed E-state index contributed by atoms with van der Waals surface area (Å²) in [6.45, 7) is 0. The second-order valence-corrected chi connectivity index (χ2v) is 5.49. The fourth-order valence-corrected chi connectivity index (χ4v) is 1.35. The van der Waals surface area contributed by atoms with Crippen LogP contribution in [0.4, 0.5) is 0 Å². The van der Waals surface area contributed by atoms with E-state index < -0.39 is 8.77 Å². The number of para-hydroxylation sites is 1. The fraction of sp³-hybridized carbons (Fsp3) is 0.143. The van der Waals surface area contributed by atoms with Crippen LogP contribution < -0.4 is 4.18 Å². The molecular formula is C7H8O2S2. The highest BCUT2D eigenvalue weighted by Gasteiger charge is 1.97. The van der Waals surface area contributed by atoms with Gasteiger partial charge in [0.05, 0.1) is 0 Å². The normalized spacial score (nSPS) is 15.4. The van der Waals surface area contributed by atoms with Gasteiger partial charge in [0.2, 0.25) is 0 Å². The topological polar surface area (TPSA) is 26.3 Å². The van der Waals surface area contributed by atoms with Crippen molar-refractivity contribution >= 4 is 20.0 Å². The summed E-state index contributed by atoms with van der Waals surface area (Å²) in [5.74, 6) is 0.551. The van der Waals surface area contributed by atoms with Gasteiger partial charge in [-0.2, -0.15) is 0 Å². The third kappa shape index (κ3) is 3.34. The molecule has 0 aromatic heterocycles. The van der Waals surface area contributed by atoms with Gasteiger partial charge in [-0.1, -0.05) is 18.2 Å². The maximum absolute atomic E-state index is 10.9. The Bertz CT molecular complexity index is 316. The second-order valence-electron chi connectivity index (χ2n) is 2.10. The summed E-state index contributed by atoms with van der Waals surface area (Å²) in [6.07, 6.45) is 1.38. The molecule has 2 nitrogen and oxygen atoms in total. The van der Waals surface area contributed by atoms with Crippen molar-refractivity contribution < 1.29 is 8.39 Å². The second kappa shape index (κ2) is 3.19. The Morgan fingerprint density at radius 3 is 2.36 bits per heavy atom. The minimum absolute atomic E-state index is 0.551. The minimum Gasteiger partial charge on any atom is -0.401 e. The maximum Gasteiger partial charge on any atom is 0.182 e. The molecule has 4 heteroatoms. The Kier molecular flexibility index (Phi) is 2.46. The SMILES string of the molecule is CS(=O)(=S)Oc1ccccc1. The predicted octanol–water partition coefficient (Wildman–Crippen LogP) is 1.36. The molecule has 0 radical (unpaired) electrons. The lowest BCUT2D eigenvalue weighted by molar-refractivity contribution is 0.565. The highest BCUT2D eigenvalue weighted by Crippen LogP contribution is 2.10. The number of benzene rings is 1. The quantitative estimate of drug-likeness (QED) is 0.701. The van der Waals surface area contributed by atoms with E-state index >= 15 is 0 Å². The van der Waals surface area contributed by atoms with E-state index in [9.17, 15) is 4.21 Å². The minimum atomic E-state index is -2.54. The van der Waals surface area contributed by atoms with Gasteiger partial charge in [0.15, 0.2) is 8.77 Å². The molecule has 1 aromatic carbocycles. The first-order valence-corrected chi connectivity index (χ1v) is 5.84. The first-order chi connectivity index (χ1) is 5.08. The summed E-state index contributed by atoms with van der Waals surface area (Å²) >= 11 is 4.57. The van der Waals surface area contributed by atoms with Crippen LogP contribution in [0.1, 0.15) is 0 Å². The average Bonchev–Trinajstić information content (AvgIpc) is 1.85. The molecule has 0 saturated carbocycles. The van der Waals surface area contributed by atoms with E-state index in [1.807, 2.05) is 6.07 Å². The maximum atomic E-state index is 10.9. The fourth-order valence-electron chi connectivity index (χ4n) is 0.651. The van der Waals surface area contributed by atoms with E-state index in [1.54, 1.807) is 24.3 Å². The van der Waals surface area contributed by atoms with Gasteiger partial charge in [0.25, 0.3) is 0 Å². The van der Waals surface area contributed by atoms with E-state index in [-0.39, 0.29) is 0 Å². The molecule has 1 unspecified atom stereocenters. The van der Waals surface area contributed by atoms with Gasteiger partial charge in [-0.25, -0.2) is 4.21 Å². The van der Waals surface area contributed by atoms with Crippen LogP contribution in [0.25, 0.3) is 0 Å². The summed E-state index contributed by atoms with van der Waals surface area (Å²) in [5.41, 5.74) is 0. The van der Waals surface area contributed by atoms with E-state index in [2.05, 4.69) is 11.2 Å². The Hall–Kier alpha value is -0.610. The number of rotatable bonds is 2. The Balaban J connectivity index is 2.82. The zero-order chi connectivity index (χ0) is 8.32. The van der Waals surface area contributed by atoms with Crippen molar-refractivity contribution in [1.29, 1.82) is 0 Å². The predicted molar refractivity (Wildman–Crippen MR) is 48.5 cm³/mol. The third-order valence-corrected chi connectivity index (χ3v) is 1.69. The Morgan fingerprint density at radius 1 is 1.36 bits per heavy atom. The molecule has 0 fully saturated rings. The molecule has 0 aliphatic carbocycles. The molecule has 0 aliphatic rings. The van der Waals surface area contributed by atoms with E-state index in [0.717, 1.165) is 0 Å². The summed E-state index contributed by atoms with van der Waals surface area (Å²) < 4.78 is 15.9. The molecule has 0 spiro atoms. The molecule has 60 valence electrons. The van der Waals surface area contributed by atoms with E-state index in [0.29, 0.717) is 5.75 Å². The number of hydrogen-bond donors (Lipinski definition) is 0. The van der Waals surface area contributed by atoms with Gasteiger partial charge in [0, 0.05) is 17.4 Å². The molecule has 0 aliphatic heterocycles. The first kappa shape index (κ1) is 8.49. The van der Waals surface area contributed by atoms with Crippen molar-refractivity contribution in [2.24, 2.45) is 0 Å². The number of hydrogen-bond acceptors (Lipinski definition) is 3. The summed E-state index contributed by atoms with van der Waals surface area (Å²) in [7, 11) is -2.54. The highest BCUT2D eigenvalue weighted by atomic mass is 32.8. The molecule has 1 aromatic rings. The largest absolute Gasteiger partial charge is 0.401 e. The smallest absolute Gasteiger partial charge is 0.182 e. The van der Waals surface area contributed by atoms with E-state index in [1.165, 1.54) is 6.26 Å². The lowest BCUT2D eigenvalue weighted by Crippen LogP contribution is -2.03. The van der Waals surface area contributed by atoms with Crippen LogP contribution in [0.3, 0.4) is 0 Å². The van der Waals surface area contributed by atoms with Gasteiger partial charge < -0.3 is 4.18 Å². The van der Waals surface area contributed by atoms with Crippen molar-refractivity contribution in [3.05, 3.63) is 30.3 Å².